The fraction of sp³-hybridized carbons (Fsp3) is 0.345. The molecule has 2 aliphatic heterocycles. The molecule has 0 aliphatic carbocycles. The summed E-state index contributed by atoms with van der Waals surface area (Å²) in [5.74, 6) is 0.164. The lowest BCUT2D eigenvalue weighted by Crippen LogP contribution is -2.53. The molecule has 13 nitrogen and oxygen atoms in total. The molecule has 6 heterocycles. The smallest absolute Gasteiger partial charge is 0.317 e. The number of carbonyl (C=O) groups is 2. The van der Waals surface area contributed by atoms with Crippen molar-refractivity contribution in [1.82, 2.24) is 40.5 Å². The third-order valence-electron chi connectivity index (χ3n) is 8.23. The van der Waals surface area contributed by atoms with Crippen LogP contribution in [0.5, 0.6) is 0 Å². The number of amides is 3. The number of piperidine rings is 1. The zero-order chi connectivity index (χ0) is 30.4. The molecule has 43 heavy (non-hydrogen) atoms. The Morgan fingerprint density at radius 2 is 1.81 bits per heavy atom. The van der Waals surface area contributed by atoms with Crippen molar-refractivity contribution in [2.24, 2.45) is 0 Å². The Morgan fingerprint density at radius 1 is 1.05 bits per heavy atom. The highest BCUT2D eigenvalue weighted by molar-refractivity contribution is 7.90. The van der Waals surface area contributed by atoms with Gasteiger partial charge in [-0.25, -0.2) is 28.2 Å². The Hall–Kier alpha value is -4.72. The van der Waals surface area contributed by atoms with Crippen LogP contribution in [-0.2, 0) is 16.4 Å². The number of hydrogen-bond acceptors (Lipinski definition) is 10. The number of anilines is 1. The summed E-state index contributed by atoms with van der Waals surface area (Å²) < 4.78 is 24.0. The SMILES string of the molecule is Cc1ncc(C(=O)NCc2cc3nc(-c4ccnc(N5CCC6(CC5)CNC(=O)N6C)n4)ccc3cn2)cc1S(C)(=O)=O. The first-order chi connectivity index (χ1) is 20.5. The molecule has 0 bridgehead atoms. The van der Waals surface area contributed by atoms with Crippen molar-refractivity contribution >= 4 is 38.6 Å². The number of sulfone groups is 1. The van der Waals surface area contributed by atoms with Crippen molar-refractivity contribution in [3.05, 3.63) is 65.9 Å². The number of rotatable bonds is 6. The van der Waals surface area contributed by atoms with E-state index in [4.69, 9.17) is 9.97 Å². The average molecular weight is 602 g/mol. The van der Waals surface area contributed by atoms with Crippen LogP contribution in [0.1, 0.15) is 34.6 Å². The molecular weight excluding hydrogens is 570 g/mol. The number of likely N-dealkylation sites (N-methyl/N-ethyl adjacent to an activating group) is 1. The topological polar surface area (TPSA) is 163 Å². The highest BCUT2D eigenvalue weighted by atomic mass is 32.2. The number of pyridine rings is 3. The molecule has 0 unspecified atom stereocenters. The molecule has 4 aromatic heterocycles. The van der Waals surface area contributed by atoms with E-state index in [0.717, 1.165) is 37.6 Å². The van der Waals surface area contributed by atoms with E-state index in [9.17, 15) is 18.0 Å². The van der Waals surface area contributed by atoms with E-state index in [1.807, 2.05) is 30.1 Å². The molecule has 0 atom stereocenters. The normalized spacial score (nSPS) is 16.5. The predicted octanol–water partition coefficient (Wildman–Crippen LogP) is 2.12. The predicted molar refractivity (Wildman–Crippen MR) is 159 cm³/mol. The van der Waals surface area contributed by atoms with Gasteiger partial charge in [-0.3, -0.25) is 14.8 Å². The molecule has 2 saturated heterocycles. The summed E-state index contributed by atoms with van der Waals surface area (Å²) in [5.41, 5.74) is 2.96. The maximum absolute atomic E-state index is 12.7. The van der Waals surface area contributed by atoms with Gasteiger partial charge in [0.15, 0.2) is 9.84 Å². The van der Waals surface area contributed by atoms with Gasteiger partial charge in [0.1, 0.15) is 0 Å². The van der Waals surface area contributed by atoms with E-state index in [-0.39, 0.29) is 28.6 Å². The van der Waals surface area contributed by atoms with Crippen LogP contribution in [-0.4, -0.2) is 88.7 Å². The molecule has 4 aromatic rings. The maximum Gasteiger partial charge on any atom is 0.317 e. The highest BCUT2D eigenvalue weighted by Crippen LogP contribution is 2.32. The zero-order valence-electron chi connectivity index (χ0n) is 24.0. The van der Waals surface area contributed by atoms with Gasteiger partial charge in [-0.05, 0) is 50.1 Å². The molecular formula is C29H31N9O4S. The van der Waals surface area contributed by atoms with Crippen LogP contribution in [0, 0.1) is 6.92 Å². The first-order valence-electron chi connectivity index (χ1n) is 13.8. The van der Waals surface area contributed by atoms with E-state index < -0.39 is 15.7 Å². The highest BCUT2D eigenvalue weighted by Gasteiger charge is 2.45. The van der Waals surface area contributed by atoms with E-state index in [1.54, 1.807) is 25.4 Å². The fourth-order valence-electron chi connectivity index (χ4n) is 5.55. The third kappa shape index (κ3) is 5.57. The summed E-state index contributed by atoms with van der Waals surface area (Å²) in [6.45, 7) is 3.84. The summed E-state index contributed by atoms with van der Waals surface area (Å²) in [6, 6.07) is 8.73. The van der Waals surface area contributed by atoms with Gasteiger partial charge in [-0.2, -0.15) is 0 Å². The largest absolute Gasteiger partial charge is 0.346 e. The molecule has 1 spiro atoms. The number of urea groups is 1. The number of nitrogens with zero attached hydrogens (tertiary/aromatic N) is 7. The number of hydrogen-bond donors (Lipinski definition) is 2. The van der Waals surface area contributed by atoms with Crippen LogP contribution in [0.15, 0.2) is 53.8 Å². The van der Waals surface area contributed by atoms with Crippen LogP contribution in [0.4, 0.5) is 10.7 Å². The molecule has 2 N–H and O–H groups in total. The molecule has 2 fully saturated rings. The van der Waals surface area contributed by atoms with Gasteiger partial charge >= 0.3 is 6.03 Å². The Bertz CT molecular complexity index is 1860. The molecule has 2 aliphatic rings. The van der Waals surface area contributed by atoms with Crippen molar-refractivity contribution < 1.29 is 18.0 Å². The van der Waals surface area contributed by atoms with Gasteiger partial charge in [0.25, 0.3) is 5.91 Å². The van der Waals surface area contributed by atoms with Gasteiger partial charge in [-0.15, -0.1) is 0 Å². The minimum absolute atomic E-state index is 0.0213. The van der Waals surface area contributed by atoms with E-state index in [1.165, 1.54) is 12.3 Å². The standard InChI is InChI=1S/C29H31N9O4S/c1-18-25(43(3,41)42)12-20(15-31-18)26(39)33-16-21-13-24-19(14-32-21)4-5-22(35-24)23-6-9-30-27(36-23)38-10-7-29(8-11-38)17-34-28(40)37(29)2/h4-6,9,12-15H,7-8,10-11,16-17H2,1-3H3,(H,33,39)(H,34,40). The summed E-state index contributed by atoms with van der Waals surface area (Å²) in [6.07, 6.45) is 7.51. The summed E-state index contributed by atoms with van der Waals surface area (Å²) in [7, 11) is -1.66. The number of nitrogens with one attached hydrogen (secondary N) is 2. The second-order valence-corrected chi connectivity index (χ2v) is 13.0. The van der Waals surface area contributed by atoms with Gasteiger partial charge in [-0.1, -0.05) is 0 Å². The molecule has 0 saturated carbocycles. The van der Waals surface area contributed by atoms with Crippen LogP contribution in [0.3, 0.4) is 0 Å². The van der Waals surface area contributed by atoms with E-state index in [0.29, 0.717) is 40.8 Å². The number of fused-ring (bicyclic) bond motifs is 1. The molecule has 222 valence electrons. The van der Waals surface area contributed by atoms with Gasteiger partial charge < -0.3 is 20.4 Å². The molecule has 0 radical (unpaired) electrons. The second-order valence-electron chi connectivity index (χ2n) is 11.0. The first kappa shape index (κ1) is 28.4. The van der Waals surface area contributed by atoms with Crippen molar-refractivity contribution in [3.8, 4) is 11.4 Å². The van der Waals surface area contributed by atoms with Gasteiger partial charge in [0.05, 0.1) is 50.8 Å². The third-order valence-corrected chi connectivity index (χ3v) is 9.44. The van der Waals surface area contributed by atoms with E-state index in [2.05, 4.69) is 30.5 Å². The lowest BCUT2D eigenvalue weighted by Gasteiger charge is -2.42. The van der Waals surface area contributed by atoms with Crippen LogP contribution >= 0.6 is 0 Å². The molecule has 0 aromatic carbocycles. The number of aromatic nitrogens is 5. The molecule has 3 amide bonds. The summed E-state index contributed by atoms with van der Waals surface area (Å²) in [4.78, 5) is 51.4. The maximum atomic E-state index is 12.7. The Kier molecular flexibility index (Phi) is 7.16. The molecule has 6 rings (SSSR count). The van der Waals surface area contributed by atoms with Gasteiger partial charge in [0, 0.05) is 56.9 Å². The van der Waals surface area contributed by atoms with Crippen LogP contribution < -0.4 is 15.5 Å². The average Bonchev–Trinajstić information content (AvgIpc) is 3.27. The Morgan fingerprint density at radius 3 is 2.53 bits per heavy atom. The second kappa shape index (κ2) is 10.8. The van der Waals surface area contributed by atoms with Crippen molar-refractivity contribution in [3.63, 3.8) is 0 Å². The Balaban J connectivity index is 1.16. The number of carbonyl (C=O) groups excluding carboxylic acids is 2. The van der Waals surface area contributed by atoms with Crippen LogP contribution in [0.25, 0.3) is 22.3 Å². The minimum atomic E-state index is -3.52. The van der Waals surface area contributed by atoms with Crippen molar-refractivity contribution in [1.29, 1.82) is 0 Å². The zero-order valence-corrected chi connectivity index (χ0v) is 24.8. The lowest BCUT2D eigenvalue weighted by molar-refractivity contribution is 0.0949. The fourth-order valence-corrected chi connectivity index (χ4v) is 6.48. The van der Waals surface area contributed by atoms with Gasteiger partial charge in [0.2, 0.25) is 5.95 Å². The van der Waals surface area contributed by atoms with E-state index >= 15 is 0 Å². The lowest BCUT2D eigenvalue weighted by atomic mass is 9.87. The molecule has 14 heteroatoms. The van der Waals surface area contributed by atoms with Crippen LogP contribution in [0.2, 0.25) is 0 Å². The summed E-state index contributed by atoms with van der Waals surface area (Å²) in [5, 5.41) is 6.55. The van der Waals surface area contributed by atoms with Crippen molar-refractivity contribution in [2.75, 3.05) is 37.8 Å². The number of aryl methyl sites for hydroxylation is 1. The first-order valence-corrected chi connectivity index (χ1v) is 15.7. The minimum Gasteiger partial charge on any atom is -0.346 e. The quantitative estimate of drug-likeness (QED) is 0.335. The van der Waals surface area contributed by atoms with Crippen molar-refractivity contribution in [2.45, 2.75) is 36.7 Å². The monoisotopic (exact) mass is 601 g/mol. The summed E-state index contributed by atoms with van der Waals surface area (Å²) >= 11 is 0. The Labute approximate surface area is 248 Å².